The number of rotatable bonds is 2. The van der Waals surface area contributed by atoms with Gasteiger partial charge in [0.1, 0.15) is 0 Å². The van der Waals surface area contributed by atoms with Crippen molar-refractivity contribution in [3.63, 3.8) is 0 Å². The molecular formula is C21H15N3. The van der Waals surface area contributed by atoms with Gasteiger partial charge >= 0.3 is 0 Å². The number of hydrogen-bond donors (Lipinski definition) is 0. The van der Waals surface area contributed by atoms with Crippen LogP contribution in [0.3, 0.4) is 0 Å². The molecule has 0 spiro atoms. The highest BCUT2D eigenvalue weighted by Crippen LogP contribution is 2.34. The molecule has 3 heteroatoms. The van der Waals surface area contributed by atoms with Gasteiger partial charge in [-0.15, -0.1) is 0 Å². The van der Waals surface area contributed by atoms with Crippen molar-refractivity contribution in [1.29, 1.82) is 0 Å². The summed E-state index contributed by atoms with van der Waals surface area (Å²) in [6.45, 7) is 0.798. The number of fused-ring (bicyclic) bond motifs is 3. The number of benzene rings is 3. The molecule has 1 aromatic heterocycles. The van der Waals surface area contributed by atoms with Crippen LogP contribution in [0.25, 0.3) is 33.9 Å². The minimum atomic E-state index is 0.791. The largest absolute Gasteiger partial charge is 0.241 e. The van der Waals surface area contributed by atoms with Crippen molar-refractivity contribution in [2.75, 3.05) is 0 Å². The van der Waals surface area contributed by atoms with E-state index < -0.39 is 0 Å². The average molecular weight is 309 g/mol. The number of nitrogens with zero attached hydrogens (tertiary/aromatic N) is 3. The van der Waals surface area contributed by atoms with Gasteiger partial charge in [-0.05, 0) is 16.7 Å². The molecule has 24 heavy (non-hydrogen) atoms. The highest BCUT2D eigenvalue weighted by molar-refractivity contribution is 5.81. The molecule has 3 nitrogen and oxygen atoms in total. The van der Waals surface area contributed by atoms with Crippen molar-refractivity contribution >= 4 is 0 Å². The molecule has 0 saturated carbocycles. The smallest absolute Gasteiger partial charge is 0.182 e. The first-order chi connectivity index (χ1) is 11.9. The second-order valence-corrected chi connectivity index (χ2v) is 5.99. The quantitative estimate of drug-likeness (QED) is 0.475. The molecule has 0 N–H and O–H groups in total. The molecule has 5 rings (SSSR count). The summed E-state index contributed by atoms with van der Waals surface area (Å²) in [5.74, 6) is 1.75. The third-order valence-corrected chi connectivity index (χ3v) is 4.50. The fraction of sp³-hybridized carbons (Fsp3) is 0.0476. The van der Waals surface area contributed by atoms with Crippen molar-refractivity contribution in [3.05, 3.63) is 84.4 Å². The molecule has 1 aliphatic heterocycles. The van der Waals surface area contributed by atoms with Gasteiger partial charge in [0.25, 0.3) is 0 Å². The predicted octanol–water partition coefficient (Wildman–Crippen LogP) is 4.64. The summed E-state index contributed by atoms with van der Waals surface area (Å²) in [5, 5.41) is 4.77. The molecule has 0 aliphatic carbocycles. The number of hydrogen-bond acceptors (Lipinski definition) is 2. The normalized spacial score (nSPS) is 12.0. The molecule has 114 valence electrons. The van der Waals surface area contributed by atoms with Gasteiger partial charge in [0.2, 0.25) is 0 Å². The first-order valence-electron chi connectivity index (χ1n) is 8.08. The molecule has 3 aromatic carbocycles. The molecule has 0 radical (unpaired) electrons. The van der Waals surface area contributed by atoms with E-state index in [9.17, 15) is 0 Å². The van der Waals surface area contributed by atoms with E-state index in [-0.39, 0.29) is 0 Å². The van der Waals surface area contributed by atoms with Gasteiger partial charge in [-0.3, -0.25) is 0 Å². The van der Waals surface area contributed by atoms with Crippen LogP contribution in [-0.4, -0.2) is 14.8 Å². The Labute approximate surface area is 140 Å². The third kappa shape index (κ3) is 1.98. The van der Waals surface area contributed by atoms with E-state index in [1.807, 2.05) is 16.8 Å². The minimum Gasteiger partial charge on any atom is -0.241 e. The maximum absolute atomic E-state index is 4.84. The van der Waals surface area contributed by atoms with Crippen LogP contribution < -0.4 is 0 Å². The standard InChI is InChI=1S/C21H15N3/c1-2-8-15(9-3-1)17-11-6-7-13-19(17)20-22-21-18-12-5-4-10-16(18)14-24(21)23-20/h1-13H,14H2. The lowest BCUT2D eigenvalue weighted by Crippen LogP contribution is -1.96. The average Bonchev–Trinajstić information content (AvgIpc) is 3.20. The fourth-order valence-corrected chi connectivity index (χ4v) is 3.35. The van der Waals surface area contributed by atoms with Crippen molar-refractivity contribution in [1.82, 2.24) is 14.8 Å². The fourth-order valence-electron chi connectivity index (χ4n) is 3.35. The van der Waals surface area contributed by atoms with Crippen molar-refractivity contribution in [3.8, 4) is 33.9 Å². The molecule has 0 bridgehead atoms. The lowest BCUT2D eigenvalue weighted by molar-refractivity contribution is 0.722. The van der Waals surface area contributed by atoms with Crippen LogP contribution in [0.1, 0.15) is 5.56 Å². The summed E-state index contributed by atoms with van der Waals surface area (Å²) in [6, 6.07) is 27.1. The third-order valence-electron chi connectivity index (χ3n) is 4.50. The second kappa shape index (κ2) is 5.17. The molecule has 0 fully saturated rings. The SMILES string of the molecule is c1ccc(-c2ccccc2-c2nc3n(n2)Cc2ccccc2-3)cc1. The molecule has 0 amide bonds. The van der Waals surface area contributed by atoms with Gasteiger partial charge in [-0.2, -0.15) is 5.10 Å². The van der Waals surface area contributed by atoms with E-state index in [2.05, 4.69) is 66.7 Å². The Balaban J connectivity index is 1.66. The summed E-state index contributed by atoms with van der Waals surface area (Å²) in [5.41, 5.74) is 5.89. The van der Waals surface area contributed by atoms with E-state index >= 15 is 0 Å². The molecule has 0 unspecified atom stereocenters. The highest BCUT2D eigenvalue weighted by Gasteiger charge is 2.23. The Bertz CT molecular complexity index is 1030. The molecule has 4 aromatic rings. The Morgan fingerprint density at radius 2 is 1.33 bits per heavy atom. The van der Waals surface area contributed by atoms with Gasteiger partial charge in [0.15, 0.2) is 11.6 Å². The van der Waals surface area contributed by atoms with Gasteiger partial charge in [0.05, 0.1) is 6.54 Å². The van der Waals surface area contributed by atoms with E-state index in [1.54, 1.807) is 0 Å². The first-order valence-corrected chi connectivity index (χ1v) is 8.08. The van der Waals surface area contributed by atoms with Gasteiger partial charge in [-0.1, -0.05) is 78.9 Å². The van der Waals surface area contributed by atoms with Crippen LogP contribution in [-0.2, 0) is 6.54 Å². The lowest BCUT2D eigenvalue weighted by atomic mass is 9.99. The van der Waals surface area contributed by atoms with Gasteiger partial charge < -0.3 is 0 Å². The minimum absolute atomic E-state index is 0.791. The highest BCUT2D eigenvalue weighted by atomic mass is 15.4. The summed E-state index contributed by atoms with van der Waals surface area (Å²) in [6.07, 6.45) is 0. The maximum Gasteiger partial charge on any atom is 0.182 e. The lowest BCUT2D eigenvalue weighted by Gasteiger charge is -2.07. The first kappa shape index (κ1) is 13.3. The summed E-state index contributed by atoms with van der Waals surface area (Å²) < 4.78 is 2.00. The molecule has 0 saturated heterocycles. The van der Waals surface area contributed by atoms with Gasteiger partial charge in [-0.25, -0.2) is 9.67 Å². The zero-order valence-corrected chi connectivity index (χ0v) is 13.1. The van der Waals surface area contributed by atoms with E-state index in [0.717, 1.165) is 29.3 Å². The van der Waals surface area contributed by atoms with Crippen LogP contribution in [0.15, 0.2) is 78.9 Å². The summed E-state index contributed by atoms with van der Waals surface area (Å²) >= 11 is 0. The van der Waals surface area contributed by atoms with Gasteiger partial charge in [0, 0.05) is 11.1 Å². The van der Waals surface area contributed by atoms with Crippen LogP contribution in [0.5, 0.6) is 0 Å². The molecule has 0 atom stereocenters. The van der Waals surface area contributed by atoms with Crippen LogP contribution >= 0.6 is 0 Å². The summed E-state index contributed by atoms with van der Waals surface area (Å²) in [7, 11) is 0. The topological polar surface area (TPSA) is 30.7 Å². The van der Waals surface area contributed by atoms with Crippen LogP contribution in [0.2, 0.25) is 0 Å². The Morgan fingerprint density at radius 3 is 2.17 bits per heavy atom. The molecule has 2 heterocycles. The van der Waals surface area contributed by atoms with Crippen LogP contribution in [0.4, 0.5) is 0 Å². The Hall–Kier alpha value is -3.20. The second-order valence-electron chi connectivity index (χ2n) is 5.99. The zero-order valence-electron chi connectivity index (χ0n) is 13.1. The Kier molecular flexibility index (Phi) is 2.85. The van der Waals surface area contributed by atoms with Crippen molar-refractivity contribution in [2.45, 2.75) is 6.54 Å². The van der Waals surface area contributed by atoms with E-state index in [0.29, 0.717) is 0 Å². The van der Waals surface area contributed by atoms with Crippen molar-refractivity contribution in [2.24, 2.45) is 0 Å². The van der Waals surface area contributed by atoms with Crippen LogP contribution in [0, 0.1) is 0 Å². The molecular weight excluding hydrogens is 294 g/mol. The van der Waals surface area contributed by atoms with E-state index in [4.69, 9.17) is 10.1 Å². The maximum atomic E-state index is 4.84. The number of aromatic nitrogens is 3. The summed E-state index contributed by atoms with van der Waals surface area (Å²) in [4.78, 5) is 4.84. The predicted molar refractivity (Wildman–Crippen MR) is 95.4 cm³/mol. The van der Waals surface area contributed by atoms with E-state index in [1.165, 1.54) is 16.7 Å². The van der Waals surface area contributed by atoms with Crippen molar-refractivity contribution < 1.29 is 0 Å². The monoisotopic (exact) mass is 309 g/mol. The zero-order chi connectivity index (χ0) is 15.9. The molecule has 1 aliphatic rings. The Morgan fingerprint density at radius 1 is 0.667 bits per heavy atom.